The van der Waals surface area contributed by atoms with E-state index in [-0.39, 0.29) is 17.9 Å². The number of ether oxygens (including phenoxy) is 1. The SMILES string of the molecule is COc1ccccc1C(C)NC1CCC(C(N)=O)CC1. The fourth-order valence-electron chi connectivity index (χ4n) is 3.01. The Balaban J connectivity index is 1.92. The van der Waals surface area contributed by atoms with Crippen LogP contribution in [0.4, 0.5) is 0 Å². The summed E-state index contributed by atoms with van der Waals surface area (Å²) < 4.78 is 5.40. The van der Waals surface area contributed by atoms with Gasteiger partial charge >= 0.3 is 0 Å². The number of benzene rings is 1. The molecule has 0 radical (unpaired) electrons. The van der Waals surface area contributed by atoms with Crippen LogP contribution >= 0.6 is 0 Å². The van der Waals surface area contributed by atoms with E-state index < -0.39 is 0 Å². The number of hydrogen-bond donors (Lipinski definition) is 2. The predicted octanol–water partition coefficient (Wildman–Crippen LogP) is 2.39. The van der Waals surface area contributed by atoms with E-state index in [1.54, 1.807) is 7.11 Å². The second kappa shape index (κ2) is 6.75. The first-order valence-electron chi connectivity index (χ1n) is 7.30. The molecule has 0 spiro atoms. The van der Waals surface area contributed by atoms with Crippen LogP contribution in [0.25, 0.3) is 0 Å². The molecular formula is C16H24N2O2. The minimum Gasteiger partial charge on any atom is -0.496 e. The van der Waals surface area contributed by atoms with Gasteiger partial charge in [0.2, 0.25) is 5.91 Å². The third-order valence-corrected chi connectivity index (χ3v) is 4.22. The van der Waals surface area contributed by atoms with E-state index in [0.717, 1.165) is 31.4 Å². The van der Waals surface area contributed by atoms with Gasteiger partial charge in [-0.25, -0.2) is 0 Å². The highest BCUT2D eigenvalue weighted by atomic mass is 16.5. The molecule has 1 amide bonds. The number of hydrogen-bond acceptors (Lipinski definition) is 3. The van der Waals surface area contributed by atoms with Gasteiger partial charge in [-0.05, 0) is 38.7 Å². The van der Waals surface area contributed by atoms with E-state index >= 15 is 0 Å². The van der Waals surface area contributed by atoms with E-state index in [4.69, 9.17) is 10.5 Å². The van der Waals surface area contributed by atoms with E-state index in [2.05, 4.69) is 18.3 Å². The maximum Gasteiger partial charge on any atom is 0.220 e. The summed E-state index contributed by atoms with van der Waals surface area (Å²) in [5.74, 6) is 0.828. The Morgan fingerprint density at radius 2 is 1.95 bits per heavy atom. The minimum absolute atomic E-state index is 0.0645. The highest BCUT2D eigenvalue weighted by Crippen LogP contribution is 2.28. The zero-order valence-corrected chi connectivity index (χ0v) is 12.3. The Hall–Kier alpha value is -1.55. The third-order valence-electron chi connectivity index (χ3n) is 4.22. The van der Waals surface area contributed by atoms with E-state index in [0.29, 0.717) is 6.04 Å². The molecule has 4 nitrogen and oxygen atoms in total. The monoisotopic (exact) mass is 276 g/mol. The van der Waals surface area contributed by atoms with Crippen molar-refractivity contribution in [2.45, 2.75) is 44.7 Å². The average Bonchev–Trinajstić information content (AvgIpc) is 2.47. The van der Waals surface area contributed by atoms with Crippen molar-refractivity contribution in [3.63, 3.8) is 0 Å². The molecule has 20 heavy (non-hydrogen) atoms. The van der Waals surface area contributed by atoms with Gasteiger partial charge in [-0.2, -0.15) is 0 Å². The van der Waals surface area contributed by atoms with Gasteiger partial charge in [0, 0.05) is 23.6 Å². The summed E-state index contributed by atoms with van der Waals surface area (Å²) in [6.07, 6.45) is 3.80. The Morgan fingerprint density at radius 3 is 2.55 bits per heavy atom. The van der Waals surface area contributed by atoms with Crippen molar-refractivity contribution in [3.8, 4) is 5.75 Å². The lowest BCUT2D eigenvalue weighted by Gasteiger charge is -2.30. The van der Waals surface area contributed by atoms with Crippen molar-refractivity contribution in [1.29, 1.82) is 0 Å². The lowest BCUT2D eigenvalue weighted by atomic mass is 9.85. The van der Waals surface area contributed by atoms with Gasteiger partial charge in [-0.1, -0.05) is 18.2 Å². The van der Waals surface area contributed by atoms with Gasteiger partial charge in [-0.3, -0.25) is 4.79 Å². The summed E-state index contributed by atoms with van der Waals surface area (Å²) >= 11 is 0. The highest BCUT2D eigenvalue weighted by molar-refractivity contribution is 5.76. The molecule has 1 aliphatic rings. The maximum absolute atomic E-state index is 11.2. The Kier molecular flexibility index (Phi) is 5.01. The fraction of sp³-hybridized carbons (Fsp3) is 0.562. The van der Waals surface area contributed by atoms with Gasteiger partial charge in [0.15, 0.2) is 0 Å². The summed E-state index contributed by atoms with van der Waals surface area (Å²) in [7, 11) is 1.70. The molecule has 0 aliphatic heterocycles. The maximum atomic E-state index is 11.2. The average molecular weight is 276 g/mol. The fourth-order valence-corrected chi connectivity index (χ4v) is 3.01. The van der Waals surface area contributed by atoms with Crippen LogP contribution in [0.5, 0.6) is 5.75 Å². The lowest BCUT2D eigenvalue weighted by molar-refractivity contribution is -0.122. The van der Waals surface area contributed by atoms with Gasteiger partial charge in [-0.15, -0.1) is 0 Å². The third kappa shape index (κ3) is 3.51. The molecular weight excluding hydrogens is 252 g/mol. The number of carbonyl (C=O) groups excluding carboxylic acids is 1. The molecule has 0 saturated heterocycles. The molecule has 110 valence electrons. The molecule has 2 rings (SSSR count). The number of nitrogens with one attached hydrogen (secondary N) is 1. The van der Waals surface area contributed by atoms with Crippen LogP contribution in [0.2, 0.25) is 0 Å². The predicted molar refractivity (Wildman–Crippen MR) is 79.5 cm³/mol. The summed E-state index contributed by atoms with van der Waals surface area (Å²) in [6, 6.07) is 8.77. The smallest absolute Gasteiger partial charge is 0.220 e. The van der Waals surface area contributed by atoms with Crippen molar-refractivity contribution in [2.24, 2.45) is 11.7 Å². The standard InChI is InChI=1S/C16H24N2O2/c1-11(14-5-3-4-6-15(14)20-2)18-13-9-7-12(8-10-13)16(17)19/h3-6,11-13,18H,7-10H2,1-2H3,(H2,17,19). The second-order valence-electron chi connectivity index (χ2n) is 5.58. The van der Waals surface area contributed by atoms with Gasteiger partial charge < -0.3 is 15.8 Å². The lowest BCUT2D eigenvalue weighted by Crippen LogP contribution is -2.37. The highest BCUT2D eigenvalue weighted by Gasteiger charge is 2.25. The number of carbonyl (C=O) groups is 1. The zero-order valence-electron chi connectivity index (χ0n) is 12.3. The Morgan fingerprint density at radius 1 is 1.30 bits per heavy atom. The zero-order chi connectivity index (χ0) is 14.5. The van der Waals surface area contributed by atoms with E-state index in [1.807, 2.05) is 18.2 Å². The van der Waals surface area contributed by atoms with Crippen molar-refractivity contribution in [3.05, 3.63) is 29.8 Å². The summed E-state index contributed by atoms with van der Waals surface area (Å²) in [5, 5.41) is 3.64. The van der Waals surface area contributed by atoms with Crippen LogP contribution in [-0.2, 0) is 4.79 Å². The molecule has 1 aliphatic carbocycles. The van der Waals surface area contributed by atoms with Gasteiger partial charge in [0.1, 0.15) is 5.75 Å². The number of rotatable bonds is 5. The van der Waals surface area contributed by atoms with E-state index in [9.17, 15) is 4.79 Å². The number of methoxy groups -OCH3 is 1. The van der Waals surface area contributed by atoms with Gasteiger partial charge in [0.05, 0.1) is 7.11 Å². The van der Waals surface area contributed by atoms with Crippen molar-refractivity contribution < 1.29 is 9.53 Å². The summed E-state index contributed by atoms with van der Waals surface area (Å²) in [5.41, 5.74) is 6.54. The van der Waals surface area contributed by atoms with Crippen LogP contribution in [0.1, 0.15) is 44.2 Å². The molecule has 1 aromatic rings. The second-order valence-corrected chi connectivity index (χ2v) is 5.58. The van der Waals surface area contributed by atoms with Gasteiger partial charge in [0.25, 0.3) is 0 Å². The van der Waals surface area contributed by atoms with E-state index in [1.165, 1.54) is 5.56 Å². The molecule has 0 aromatic heterocycles. The molecule has 1 aromatic carbocycles. The minimum atomic E-state index is -0.152. The number of nitrogens with two attached hydrogens (primary N) is 1. The van der Waals surface area contributed by atoms with Crippen molar-refractivity contribution >= 4 is 5.91 Å². The normalized spacial score (nSPS) is 24.1. The molecule has 1 atom stereocenters. The largest absolute Gasteiger partial charge is 0.496 e. The number of amides is 1. The first-order chi connectivity index (χ1) is 9.61. The molecule has 1 fully saturated rings. The van der Waals surface area contributed by atoms with Crippen LogP contribution in [0.15, 0.2) is 24.3 Å². The molecule has 3 N–H and O–H groups in total. The quantitative estimate of drug-likeness (QED) is 0.868. The van der Waals surface area contributed by atoms with Crippen LogP contribution in [0.3, 0.4) is 0 Å². The molecule has 1 unspecified atom stereocenters. The van der Waals surface area contributed by atoms with Crippen LogP contribution in [0, 0.1) is 5.92 Å². The molecule has 1 saturated carbocycles. The first kappa shape index (κ1) is 14.9. The molecule has 4 heteroatoms. The first-order valence-corrected chi connectivity index (χ1v) is 7.30. The van der Waals surface area contributed by atoms with Crippen LogP contribution in [-0.4, -0.2) is 19.1 Å². The van der Waals surface area contributed by atoms with Crippen LogP contribution < -0.4 is 15.8 Å². The van der Waals surface area contributed by atoms with Crippen molar-refractivity contribution in [1.82, 2.24) is 5.32 Å². The molecule has 0 bridgehead atoms. The number of primary amides is 1. The summed E-state index contributed by atoms with van der Waals surface area (Å²) in [6.45, 7) is 2.15. The van der Waals surface area contributed by atoms with Crippen molar-refractivity contribution in [2.75, 3.05) is 7.11 Å². The molecule has 0 heterocycles. The number of para-hydroxylation sites is 1. The Bertz CT molecular complexity index is 454. The Labute approximate surface area is 120 Å². The topological polar surface area (TPSA) is 64.3 Å². The summed E-state index contributed by atoms with van der Waals surface area (Å²) in [4.78, 5) is 11.2.